The van der Waals surface area contributed by atoms with E-state index in [4.69, 9.17) is 5.73 Å². The van der Waals surface area contributed by atoms with Crippen LogP contribution in [0.3, 0.4) is 0 Å². The molecule has 0 aliphatic rings. The second-order valence-electron chi connectivity index (χ2n) is 3.56. The van der Waals surface area contributed by atoms with E-state index < -0.39 is 0 Å². The van der Waals surface area contributed by atoms with E-state index in [0.717, 1.165) is 37.3 Å². The van der Waals surface area contributed by atoms with Gasteiger partial charge in [0.15, 0.2) is 5.13 Å². The molecule has 0 saturated carbocycles. The van der Waals surface area contributed by atoms with Crippen LogP contribution in [-0.4, -0.2) is 19.7 Å². The maximum atomic E-state index is 5.57. The van der Waals surface area contributed by atoms with Crippen LogP contribution in [0, 0.1) is 0 Å². The summed E-state index contributed by atoms with van der Waals surface area (Å²) in [5.74, 6) is 1.05. The van der Waals surface area contributed by atoms with Crippen LogP contribution in [0.5, 0.6) is 0 Å². The van der Waals surface area contributed by atoms with Crippen molar-refractivity contribution in [2.75, 3.05) is 5.73 Å². The third-order valence-corrected chi connectivity index (χ3v) is 3.16. The minimum Gasteiger partial charge on any atom is -0.375 e. The van der Waals surface area contributed by atoms with Gasteiger partial charge in [-0.05, 0) is 19.8 Å². The van der Waals surface area contributed by atoms with E-state index in [-0.39, 0.29) is 0 Å². The van der Waals surface area contributed by atoms with Crippen molar-refractivity contribution in [2.45, 2.75) is 32.7 Å². The molecule has 0 radical (unpaired) electrons. The van der Waals surface area contributed by atoms with Gasteiger partial charge < -0.3 is 10.3 Å². The summed E-state index contributed by atoms with van der Waals surface area (Å²) in [6, 6.07) is 0. The van der Waals surface area contributed by atoms with Gasteiger partial charge in [-0.1, -0.05) is 0 Å². The first-order valence-electron chi connectivity index (χ1n) is 5.36. The van der Waals surface area contributed by atoms with Gasteiger partial charge in [-0.3, -0.25) is 0 Å². The van der Waals surface area contributed by atoms with E-state index in [1.165, 1.54) is 11.3 Å². The highest BCUT2D eigenvalue weighted by Gasteiger charge is 2.04. The lowest BCUT2D eigenvalue weighted by Crippen LogP contribution is -2.01. The maximum Gasteiger partial charge on any atom is 0.180 e. The molecule has 86 valence electrons. The van der Waals surface area contributed by atoms with Crippen LogP contribution in [0.25, 0.3) is 0 Å². The number of nitrogen functional groups attached to an aromatic ring is 1. The van der Waals surface area contributed by atoms with E-state index in [1.807, 2.05) is 5.38 Å². The van der Waals surface area contributed by atoms with Crippen molar-refractivity contribution in [3.8, 4) is 0 Å². The molecule has 6 heteroatoms. The fourth-order valence-corrected chi connectivity index (χ4v) is 2.20. The molecule has 0 unspecified atom stereocenters. The summed E-state index contributed by atoms with van der Waals surface area (Å²) in [7, 11) is 0. The summed E-state index contributed by atoms with van der Waals surface area (Å²) in [4.78, 5) is 4.23. The average molecular weight is 237 g/mol. The first-order chi connectivity index (χ1) is 7.79. The molecule has 0 fully saturated rings. The van der Waals surface area contributed by atoms with E-state index in [9.17, 15) is 0 Å². The zero-order valence-electron chi connectivity index (χ0n) is 9.26. The topological polar surface area (TPSA) is 69.6 Å². The fourth-order valence-electron chi connectivity index (χ4n) is 1.60. The molecule has 2 aromatic rings. The number of nitrogens with zero attached hydrogens (tertiary/aromatic N) is 4. The molecule has 0 spiro atoms. The van der Waals surface area contributed by atoms with E-state index in [0.29, 0.717) is 5.13 Å². The van der Waals surface area contributed by atoms with Crippen LogP contribution >= 0.6 is 11.3 Å². The first-order valence-corrected chi connectivity index (χ1v) is 6.24. The number of nitrogens with two attached hydrogens (primary N) is 1. The summed E-state index contributed by atoms with van der Waals surface area (Å²) >= 11 is 1.49. The number of aromatic nitrogens is 4. The monoisotopic (exact) mass is 237 g/mol. The van der Waals surface area contributed by atoms with Crippen molar-refractivity contribution in [2.24, 2.45) is 0 Å². The number of anilines is 1. The van der Waals surface area contributed by atoms with Gasteiger partial charge in [-0.15, -0.1) is 21.5 Å². The zero-order valence-corrected chi connectivity index (χ0v) is 10.1. The van der Waals surface area contributed by atoms with E-state index in [1.54, 1.807) is 6.33 Å². The van der Waals surface area contributed by atoms with Gasteiger partial charge in [-0.2, -0.15) is 0 Å². The van der Waals surface area contributed by atoms with Gasteiger partial charge in [0, 0.05) is 18.3 Å². The third-order valence-electron chi connectivity index (χ3n) is 2.44. The normalized spacial score (nSPS) is 10.8. The SMILES string of the molecule is CCn1cnnc1CCCc1csc(N)n1. The van der Waals surface area contributed by atoms with Gasteiger partial charge >= 0.3 is 0 Å². The Hall–Kier alpha value is -1.43. The van der Waals surface area contributed by atoms with Crippen LogP contribution < -0.4 is 5.73 Å². The maximum absolute atomic E-state index is 5.57. The van der Waals surface area contributed by atoms with E-state index >= 15 is 0 Å². The van der Waals surface area contributed by atoms with Crippen LogP contribution in [-0.2, 0) is 19.4 Å². The summed E-state index contributed by atoms with van der Waals surface area (Å²) in [5.41, 5.74) is 6.65. The Morgan fingerprint density at radius 3 is 3.00 bits per heavy atom. The Kier molecular flexibility index (Phi) is 3.51. The first kappa shape index (κ1) is 11.1. The highest BCUT2D eigenvalue weighted by molar-refractivity contribution is 7.13. The molecule has 16 heavy (non-hydrogen) atoms. The van der Waals surface area contributed by atoms with Gasteiger partial charge in [0.25, 0.3) is 0 Å². The molecule has 5 nitrogen and oxygen atoms in total. The lowest BCUT2D eigenvalue weighted by molar-refractivity contribution is 0.665. The lowest BCUT2D eigenvalue weighted by Gasteiger charge is -2.01. The van der Waals surface area contributed by atoms with Crippen molar-refractivity contribution in [3.05, 3.63) is 23.2 Å². The van der Waals surface area contributed by atoms with E-state index in [2.05, 4.69) is 26.7 Å². The van der Waals surface area contributed by atoms with Gasteiger partial charge in [0.2, 0.25) is 0 Å². The van der Waals surface area contributed by atoms with Crippen molar-refractivity contribution in [1.82, 2.24) is 19.7 Å². The van der Waals surface area contributed by atoms with Crippen LogP contribution in [0.15, 0.2) is 11.7 Å². The summed E-state index contributed by atoms with van der Waals surface area (Å²) in [6.07, 6.45) is 4.69. The highest BCUT2D eigenvalue weighted by Crippen LogP contribution is 2.13. The largest absolute Gasteiger partial charge is 0.375 e. The molecule has 2 rings (SSSR count). The molecule has 2 aromatic heterocycles. The molecule has 0 bridgehead atoms. The number of rotatable bonds is 5. The highest BCUT2D eigenvalue weighted by atomic mass is 32.1. The molecule has 0 aliphatic heterocycles. The minimum absolute atomic E-state index is 0.645. The molecule has 0 amide bonds. The molecule has 0 saturated heterocycles. The summed E-state index contributed by atoms with van der Waals surface area (Å²) in [6.45, 7) is 3.01. The Bertz CT molecular complexity index is 448. The smallest absolute Gasteiger partial charge is 0.180 e. The molecule has 0 aliphatic carbocycles. The number of thiazole rings is 1. The molecule has 0 aromatic carbocycles. The Balaban J connectivity index is 1.84. The molecular formula is C10H15N5S. The van der Waals surface area contributed by atoms with Crippen LogP contribution in [0.1, 0.15) is 24.9 Å². The Labute approximate surface area is 98.3 Å². The van der Waals surface area contributed by atoms with Gasteiger partial charge in [-0.25, -0.2) is 4.98 Å². The summed E-state index contributed by atoms with van der Waals surface area (Å²) < 4.78 is 2.06. The molecule has 2 heterocycles. The molecular weight excluding hydrogens is 222 g/mol. The second kappa shape index (κ2) is 5.07. The number of aryl methyl sites for hydroxylation is 3. The summed E-state index contributed by atoms with van der Waals surface area (Å²) in [5, 5.41) is 10.7. The lowest BCUT2D eigenvalue weighted by atomic mass is 10.2. The Morgan fingerprint density at radius 1 is 1.44 bits per heavy atom. The fraction of sp³-hybridized carbons (Fsp3) is 0.500. The second-order valence-corrected chi connectivity index (χ2v) is 4.45. The quantitative estimate of drug-likeness (QED) is 0.855. The standard InChI is InChI=1S/C10H15N5S/c1-2-15-7-12-14-9(15)5-3-4-8-6-16-10(11)13-8/h6-7H,2-5H2,1H3,(H2,11,13). The average Bonchev–Trinajstić information content (AvgIpc) is 2.87. The molecule has 0 atom stereocenters. The van der Waals surface area contributed by atoms with Crippen molar-refractivity contribution < 1.29 is 0 Å². The minimum atomic E-state index is 0.645. The predicted octanol–water partition coefficient (Wildman–Crippen LogP) is 1.51. The molecule has 2 N–H and O–H groups in total. The van der Waals surface area contributed by atoms with Crippen LogP contribution in [0.2, 0.25) is 0 Å². The van der Waals surface area contributed by atoms with Gasteiger partial charge in [0.05, 0.1) is 5.69 Å². The van der Waals surface area contributed by atoms with Crippen molar-refractivity contribution in [3.63, 3.8) is 0 Å². The number of hydrogen-bond donors (Lipinski definition) is 1. The van der Waals surface area contributed by atoms with Crippen molar-refractivity contribution >= 4 is 16.5 Å². The van der Waals surface area contributed by atoms with Crippen LogP contribution in [0.4, 0.5) is 5.13 Å². The van der Waals surface area contributed by atoms with Gasteiger partial charge in [0.1, 0.15) is 12.2 Å². The zero-order chi connectivity index (χ0) is 11.4. The van der Waals surface area contributed by atoms with Crippen molar-refractivity contribution in [1.29, 1.82) is 0 Å². The Morgan fingerprint density at radius 2 is 2.31 bits per heavy atom. The number of hydrogen-bond acceptors (Lipinski definition) is 5. The predicted molar refractivity (Wildman–Crippen MR) is 64.2 cm³/mol. The third kappa shape index (κ3) is 2.57.